The number of aliphatic hydroxyl groups excluding tert-OH is 1. The highest BCUT2D eigenvalue weighted by atomic mass is 32.2. The summed E-state index contributed by atoms with van der Waals surface area (Å²) < 4.78 is 32.9. The minimum Gasteiger partial charge on any atom is -0.449 e. The highest BCUT2D eigenvalue weighted by Gasteiger charge is 2.88. The zero-order chi connectivity index (χ0) is 29.4. The first-order valence-electron chi connectivity index (χ1n) is 14.6. The van der Waals surface area contributed by atoms with E-state index in [-0.39, 0.29) is 29.0 Å². The van der Waals surface area contributed by atoms with Crippen LogP contribution in [-0.4, -0.2) is 39.6 Å². The number of alkyl halides is 1. The number of carbonyl (C=O) groups is 2. The van der Waals surface area contributed by atoms with Crippen LogP contribution in [0.25, 0.3) is 0 Å². The Bertz CT molecular complexity index is 1390. The third-order valence-corrected chi connectivity index (χ3v) is 12.5. The lowest BCUT2D eigenvalue weighted by Crippen LogP contribution is -2.62. The molecular weight excluding hydrogens is 546 g/mol. The van der Waals surface area contributed by atoms with Crippen molar-refractivity contribution < 1.29 is 28.2 Å². The lowest BCUT2D eigenvalue weighted by molar-refractivity contribution is -0.196. The molecular formula is C32H38F2N2O4S. The first-order chi connectivity index (χ1) is 19.5. The standard InChI is InChI=1S/C32H38F2N2O4S/c1-4-26(38)40-32(27(39)41-18-33)12-10-24-29(32,3)15-25(37)31-17-30(24,31)11-9-20-13-23(19(16-35)14-28(20,31)2)36-22-7-5-21(34)6-8-22/h5-8,13,16,24-25,37H,4,9-12,14-15,17-18,35H2,1-3H3/t24?,25-,28-,29-,30?,31?,32-/m0/s1. The first kappa shape index (κ1) is 28.6. The van der Waals surface area contributed by atoms with Crippen molar-refractivity contribution in [3.8, 4) is 0 Å². The van der Waals surface area contributed by atoms with Gasteiger partial charge in [0.05, 0.1) is 17.5 Å². The van der Waals surface area contributed by atoms with Crippen LogP contribution in [0.15, 0.2) is 52.7 Å². The number of carbonyl (C=O) groups excluding carboxylic acids is 2. The number of hydrogen-bond donors (Lipinski definition) is 2. The van der Waals surface area contributed by atoms with Crippen LogP contribution in [-0.2, 0) is 14.3 Å². The third-order valence-electron chi connectivity index (χ3n) is 11.8. The average molecular weight is 585 g/mol. The van der Waals surface area contributed by atoms with Gasteiger partial charge in [0.25, 0.3) is 0 Å². The fourth-order valence-electron chi connectivity index (χ4n) is 9.97. The number of halogens is 2. The van der Waals surface area contributed by atoms with Crippen molar-refractivity contribution in [2.75, 3.05) is 6.01 Å². The SMILES string of the molecule is CCC(=O)O[C@]1(C(=O)SCF)CCC2C34CCC5=CC(=Nc6ccc(F)cc6)C(=CN)C[C@]5(C)C3(C4)[C@@H](O)C[C@@]21C. The van der Waals surface area contributed by atoms with Crippen molar-refractivity contribution in [2.24, 2.45) is 38.3 Å². The second-order valence-corrected chi connectivity index (χ2v) is 13.9. The summed E-state index contributed by atoms with van der Waals surface area (Å²) in [5, 5.41) is 11.7. The molecule has 0 radical (unpaired) electrons. The number of fused-ring (bicyclic) bond motifs is 2. The lowest BCUT2D eigenvalue weighted by atomic mass is 9.45. The van der Waals surface area contributed by atoms with Crippen LogP contribution >= 0.6 is 11.8 Å². The second-order valence-electron chi connectivity index (χ2n) is 13.1. The Labute approximate surface area is 243 Å². The highest BCUT2D eigenvalue weighted by Crippen LogP contribution is 2.90. The molecule has 5 aliphatic rings. The fourth-order valence-corrected chi connectivity index (χ4v) is 10.7. The summed E-state index contributed by atoms with van der Waals surface area (Å²) in [6.07, 6.45) is 7.50. The molecule has 1 aromatic carbocycles. The van der Waals surface area contributed by atoms with Gasteiger partial charge in [-0.15, -0.1) is 0 Å². The summed E-state index contributed by atoms with van der Waals surface area (Å²) in [7, 11) is 0. The Morgan fingerprint density at radius 3 is 2.63 bits per heavy atom. The van der Waals surface area contributed by atoms with Crippen LogP contribution in [0.1, 0.15) is 72.1 Å². The molecule has 3 unspecified atom stereocenters. The molecule has 0 amide bonds. The Morgan fingerprint density at radius 2 is 1.98 bits per heavy atom. The van der Waals surface area contributed by atoms with Gasteiger partial charge in [-0.3, -0.25) is 9.59 Å². The van der Waals surface area contributed by atoms with Gasteiger partial charge in [0.15, 0.2) is 5.60 Å². The molecule has 0 bridgehead atoms. The van der Waals surface area contributed by atoms with E-state index in [2.05, 4.69) is 13.0 Å². The van der Waals surface area contributed by atoms with Crippen molar-refractivity contribution in [1.29, 1.82) is 0 Å². The summed E-state index contributed by atoms with van der Waals surface area (Å²) in [5.74, 6) is -0.749. The number of ether oxygens (including phenoxy) is 1. The molecule has 0 saturated heterocycles. The van der Waals surface area contributed by atoms with E-state index in [4.69, 9.17) is 15.5 Å². The maximum absolute atomic E-state index is 13.5. The fraction of sp³-hybridized carbons (Fsp3) is 0.594. The summed E-state index contributed by atoms with van der Waals surface area (Å²) in [6, 6.07) is 5.16. The van der Waals surface area contributed by atoms with Crippen molar-refractivity contribution in [3.63, 3.8) is 0 Å². The van der Waals surface area contributed by atoms with Crippen LogP contribution in [0.2, 0.25) is 0 Å². The topological polar surface area (TPSA) is 102 Å². The van der Waals surface area contributed by atoms with E-state index in [0.29, 0.717) is 43.1 Å². The molecule has 7 atom stereocenters. The Morgan fingerprint density at radius 1 is 1.24 bits per heavy atom. The largest absolute Gasteiger partial charge is 0.449 e. The Balaban J connectivity index is 1.41. The van der Waals surface area contributed by atoms with Crippen LogP contribution < -0.4 is 5.73 Å². The number of rotatable bonds is 5. The molecule has 0 heterocycles. The van der Waals surface area contributed by atoms with E-state index in [1.165, 1.54) is 17.7 Å². The van der Waals surface area contributed by atoms with E-state index < -0.39 is 39.6 Å². The number of nitrogens with zero attached hydrogens (tertiary/aromatic N) is 1. The van der Waals surface area contributed by atoms with Crippen molar-refractivity contribution in [1.82, 2.24) is 0 Å². The molecule has 3 N–H and O–H groups in total. The van der Waals surface area contributed by atoms with E-state index in [0.717, 1.165) is 30.5 Å². The Kier molecular flexibility index (Phi) is 6.62. The van der Waals surface area contributed by atoms with Gasteiger partial charge < -0.3 is 15.6 Å². The normalized spacial score (nSPS) is 42.5. The lowest BCUT2D eigenvalue weighted by Gasteiger charge is -2.60. The number of aliphatic imine (C=N–C) groups is 1. The smallest absolute Gasteiger partial charge is 0.306 e. The van der Waals surface area contributed by atoms with Gasteiger partial charge in [-0.05, 0) is 110 Å². The number of nitrogens with two attached hydrogens (primary N) is 1. The van der Waals surface area contributed by atoms with Gasteiger partial charge >= 0.3 is 5.97 Å². The molecule has 9 heteroatoms. The molecule has 6 rings (SSSR count). The number of aliphatic hydroxyl groups is 1. The number of benzene rings is 1. The molecule has 0 spiro atoms. The van der Waals surface area contributed by atoms with Crippen molar-refractivity contribution in [2.45, 2.75) is 83.8 Å². The third kappa shape index (κ3) is 3.60. The van der Waals surface area contributed by atoms with Crippen LogP contribution in [0.4, 0.5) is 14.5 Å². The summed E-state index contributed by atoms with van der Waals surface area (Å²) in [4.78, 5) is 31.0. The predicted molar refractivity (Wildman–Crippen MR) is 154 cm³/mol. The summed E-state index contributed by atoms with van der Waals surface area (Å²) in [5.41, 5.74) is 6.40. The molecule has 5 aliphatic carbocycles. The molecule has 6 nitrogen and oxygen atoms in total. The van der Waals surface area contributed by atoms with Crippen LogP contribution in [0.5, 0.6) is 0 Å². The van der Waals surface area contributed by atoms with Gasteiger partial charge in [0, 0.05) is 22.7 Å². The highest BCUT2D eigenvalue weighted by molar-refractivity contribution is 8.13. The molecule has 4 saturated carbocycles. The first-order valence-corrected chi connectivity index (χ1v) is 15.5. The van der Waals surface area contributed by atoms with E-state index in [1.807, 2.05) is 6.92 Å². The number of hydrogen-bond acceptors (Lipinski definition) is 7. The minimum atomic E-state index is -1.45. The van der Waals surface area contributed by atoms with E-state index in [1.54, 1.807) is 25.3 Å². The monoisotopic (exact) mass is 584 g/mol. The van der Waals surface area contributed by atoms with Gasteiger partial charge in [-0.1, -0.05) is 26.3 Å². The van der Waals surface area contributed by atoms with Crippen molar-refractivity contribution in [3.05, 3.63) is 53.5 Å². The van der Waals surface area contributed by atoms with Gasteiger partial charge in [0.2, 0.25) is 5.12 Å². The summed E-state index contributed by atoms with van der Waals surface area (Å²) in [6.45, 7) is 5.90. The zero-order valence-electron chi connectivity index (χ0n) is 23.8. The van der Waals surface area contributed by atoms with Gasteiger partial charge in [-0.2, -0.15) is 0 Å². The van der Waals surface area contributed by atoms with Crippen LogP contribution in [0.3, 0.4) is 0 Å². The predicted octanol–water partition coefficient (Wildman–Crippen LogP) is 6.31. The van der Waals surface area contributed by atoms with E-state index >= 15 is 0 Å². The number of thioether (sulfide) groups is 1. The Hall–Kier alpha value is -2.52. The van der Waals surface area contributed by atoms with Gasteiger partial charge in [0.1, 0.15) is 11.8 Å². The zero-order valence-corrected chi connectivity index (χ0v) is 24.7. The molecule has 220 valence electrons. The minimum absolute atomic E-state index is 0.0465. The second kappa shape index (κ2) is 9.49. The molecule has 41 heavy (non-hydrogen) atoms. The molecule has 0 aromatic heterocycles. The molecule has 4 fully saturated rings. The van der Waals surface area contributed by atoms with Gasteiger partial charge in [-0.25, -0.2) is 13.8 Å². The van der Waals surface area contributed by atoms with Crippen molar-refractivity contribution >= 4 is 34.2 Å². The quantitative estimate of drug-likeness (QED) is 0.394. The maximum Gasteiger partial charge on any atom is 0.306 e. The number of esters is 1. The van der Waals surface area contributed by atoms with E-state index in [9.17, 15) is 23.5 Å². The molecule has 0 aliphatic heterocycles. The number of allylic oxidation sites excluding steroid dienone is 3. The summed E-state index contributed by atoms with van der Waals surface area (Å²) >= 11 is 0.569. The maximum atomic E-state index is 13.5. The average Bonchev–Trinajstić information content (AvgIpc) is 3.59. The van der Waals surface area contributed by atoms with Crippen LogP contribution in [0, 0.1) is 33.4 Å². The molecule has 1 aromatic rings.